The Hall–Kier alpha value is -2.21. The number of likely N-dealkylation sites (tertiary alicyclic amines) is 1. The van der Waals surface area contributed by atoms with E-state index in [1.165, 1.54) is 12.8 Å². The largest absolute Gasteiger partial charge is 0.350 e. The Labute approximate surface area is 142 Å². The molecule has 128 valence electrons. The minimum atomic E-state index is -0.0644. The second-order valence-electron chi connectivity index (χ2n) is 6.25. The number of amides is 1. The van der Waals surface area contributed by atoms with E-state index in [4.69, 9.17) is 0 Å². The van der Waals surface area contributed by atoms with E-state index in [0.717, 1.165) is 31.6 Å². The first-order valence-electron chi connectivity index (χ1n) is 8.72. The maximum atomic E-state index is 12.4. The quantitative estimate of drug-likeness (QED) is 0.847. The van der Waals surface area contributed by atoms with E-state index in [2.05, 4.69) is 33.3 Å². The van der Waals surface area contributed by atoms with Crippen molar-refractivity contribution in [3.8, 4) is 0 Å². The zero-order valence-electron chi connectivity index (χ0n) is 14.2. The van der Waals surface area contributed by atoms with Crippen LogP contribution in [0.25, 0.3) is 0 Å². The van der Waals surface area contributed by atoms with Gasteiger partial charge in [-0.15, -0.1) is 0 Å². The van der Waals surface area contributed by atoms with Crippen molar-refractivity contribution in [2.24, 2.45) is 0 Å². The molecule has 3 heterocycles. The monoisotopic (exact) mass is 327 g/mol. The molecular formula is C18H25N5O. The lowest BCUT2D eigenvalue weighted by atomic mass is 10.1. The third kappa shape index (κ3) is 4.00. The number of carbonyl (C=O) groups is 1. The summed E-state index contributed by atoms with van der Waals surface area (Å²) in [6.07, 6.45) is 10.6. The molecule has 0 radical (unpaired) electrons. The lowest BCUT2D eigenvalue weighted by Crippen LogP contribution is -2.36. The molecule has 6 heteroatoms. The Morgan fingerprint density at radius 3 is 2.88 bits per heavy atom. The average Bonchev–Trinajstić information content (AvgIpc) is 3.28. The SMILES string of the molecule is CCCn1cc(C(=O)NCC(c2cccnc2)N2CCCC2)cn1. The van der Waals surface area contributed by atoms with Gasteiger partial charge in [-0.25, -0.2) is 0 Å². The van der Waals surface area contributed by atoms with Gasteiger partial charge in [-0.05, 0) is 44.0 Å². The molecule has 1 amide bonds. The number of rotatable bonds is 7. The number of hydrogen-bond acceptors (Lipinski definition) is 4. The number of aryl methyl sites for hydroxylation is 1. The van der Waals surface area contributed by atoms with Crippen molar-refractivity contribution in [2.75, 3.05) is 19.6 Å². The van der Waals surface area contributed by atoms with Gasteiger partial charge in [0.1, 0.15) is 0 Å². The molecule has 6 nitrogen and oxygen atoms in total. The number of nitrogens with one attached hydrogen (secondary N) is 1. The third-order valence-electron chi connectivity index (χ3n) is 4.45. The molecule has 1 aliphatic heterocycles. The minimum absolute atomic E-state index is 0.0644. The van der Waals surface area contributed by atoms with E-state index in [9.17, 15) is 4.79 Å². The fourth-order valence-corrected chi connectivity index (χ4v) is 3.21. The molecule has 1 unspecified atom stereocenters. The van der Waals surface area contributed by atoms with E-state index in [0.29, 0.717) is 12.1 Å². The van der Waals surface area contributed by atoms with Crippen LogP contribution in [0.15, 0.2) is 36.9 Å². The van der Waals surface area contributed by atoms with E-state index >= 15 is 0 Å². The summed E-state index contributed by atoms with van der Waals surface area (Å²) in [4.78, 5) is 19.1. The highest BCUT2D eigenvalue weighted by atomic mass is 16.1. The number of nitrogens with zero attached hydrogens (tertiary/aromatic N) is 4. The van der Waals surface area contributed by atoms with Gasteiger partial charge in [-0.3, -0.25) is 19.4 Å². The number of carbonyl (C=O) groups excluding carboxylic acids is 1. The van der Waals surface area contributed by atoms with Crippen LogP contribution in [-0.4, -0.2) is 45.2 Å². The van der Waals surface area contributed by atoms with Crippen LogP contribution in [0.4, 0.5) is 0 Å². The summed E-state index contributed by atoms with van der Waals surface area (Å²) in [5.74, 6) is -0.0644. The Kier molecular flexibility index (Phi) is 5.59. The highest BCUT2D eigenvalue weighted by Crippen LogP contribution is 2.24. The second-order valence-corrected chi connectivity index (χ2v) is 6.25. The van der Waals surface area contributed by atoms with E-state index in [-0.39, 0.29) is 11.9 Å². The van der Waals surface area contributed by atoms with Gasteiger partial charge in [-0.2, -0.15) is 5.10 Å². The maximum absolute atomic E-state index is 12.4. The molecular weight excluding hydrogens is 302 g/mol. The molecule has 0 aromatic carbocycles. The first-order valence-corrected chi connectivity index (χ1v) is 8.72. The summed E-state index contributed by atoms with van der Waals surface area (Å²) in [6, 6.07) is 4.21. The van der Waals surface area contributed by atoms with Gasteiger partial charge in [0.15, 0.2) is 0 Å². The highest BCUT2D eigenvalue weighted by Gasteiger charge is 2.24. The van der Waals surface area contributed by atoms with Gasteiger partial charge in [0, 0.05) is 31.7 Å². The second kappa shape index (κ2) is 8.06. The Bertz CT molecular complexity index is 648. The molecule has 1 saturated heterocycles. The third-order valence-corrected chi connectivity index (χ3v) is 4.45. The Balaban J connectivity index is 1.65. The standard InChI is InChI=1S/C18H25N5O/c1-2-8-23-14-16(12-21-23)18(24)20-13-17(22-9-3-4-10-22)15-6-5-7-19-11-15/h5-7,11-12,14,17H,2-4,8-10,13H2,1H3,(H,20,24). The van der Waals surface area contributed by atoms with E-state index in [1.54, 1.807) is 12.4 Å². The van der Waals surface area contributed by atoms with Gasteiger partial charge in [0.2, 0.25) is 0 Å². The van der Waals surface area contributed by atoms with Crippen molar-refractivity contribution in [2.45, 2.75) is 38.8 Å². The molecule has 2 aromatic heterocycles. The molecule has 1 atom stereocenters. The molecule has 2 aromatic rings. The summed E-state index contributed by atoms with van der Waals surface area (Å²) >= 11 is 0. The lowest BCUT2D eigenvalue weighted by molar-refractivity contribution is 0.0937. The van der Waals surface area contributed by atoms with Gasteiger partial charge >= 0.3 is 0 Å². The Morgan fingerprint density at radius 1 is 1.33 bits per heavy atom. The van der Waals surface area contributed by atoms with Gasteiger partial charge in [0.25, 0.3) is 5.91 Å². The van der Waals surface area contributed by atoms with Gasteiger partial charge < -0.3 is 5.32 Å². The van der Waals surface area contributed by atoms with Crippen LogP contribution in [0.5, 0.6) is 0 Å². The lowest BCUT2D eigenvalue weighted by Gasteiger charge is -2.27. The van der Waals surface area contributed by atoms with Crippen molar-refractivity contribution in [1.29, 1.82) is 0 Å². The molecule has 1 aliphatic rings. The first-order chi connectivity index (χ1) is 11.8. The van der Waals surface area contributed by atoms with Crippen molar-refractivity contribution >= 4 is 5.91 Å². The normalized spacial score (nSPS) is 16.2. The fraction of sp³-hybridized carbons (Fsp3) is 0.500. The topological polar surface area (TPSA) is 63.1 Å². The summed E-state index contributed by atoms with van der Waals surface area (Å²) in [5, 5.41) is 7.29. The van der Waals surface area contributed by atoms with Crippen LogP contribution >= 0.6 is 0 Å². The van der Waals surface area contributed by atoms with Crippen LogP contribution in [0.3, 0.4) is 0 Å². The number of aromatic nitrogens is 3. The van der Waals surface area contributed by atoms with Crippen LogP contribution in [0.2, 0.25) is 0 Å². The predicted molar refractivity (Wildman–Crippen MR) is 92.6 cm³/mol. The molecule has 24 heavy (non-hydrogen) atoms. The molecule has 3 rings (SSSR count). The number of hydrogen-bond donors (Lipinski definition) is 1. The molecule has 1 N–H and O–H groups in total. The van der Waals surface area contributed by atoms with Gasteiger partial charge in [-0.1, -0.05) is 13.0 Å². The highest BCUT2D eigenvalue weighted by molar-refractivity contribution is 5.93. The van der Waals surface area contributed by atoms with Crippen LogP contribution in [-0.2, 0) is 6.54 Å². The first kappa shape index (κ1) is 16.6. The molecule has 1 fully saturated rings. The molecule has 0 bridgehead atoms. The van der Waals surface area contributed by atoms with E-state index < -0.39 is 0 Å². The minimum Gasteiger partial charge on any atom is -0.350 e. The predicted octanol–water partition coefficient (Wildman–Crippen LogP) is 2.25. The summed E-state index contributed by atoms with van der Waals surface area (Å²) in [7, 11) is 0. The van der Waals surface area contributed by atoms with Crippen molar-refractivity contribution < 1.29 is 4.79 Å². The van der Waals surface area contributed by atoms with E-state index in [1.807, 2.05) is 23.1 Å². The fourth-order valence-electron chi connectivity index (χ4n) is 3.21. The van der Waals surface area contributed by atoms with Gasteiger partial charge in [0.05, 0.1) is 17.8 Å². The van der Waals surface area contributed by atoms with Crippen molar-refractivity contribution in [1.82, 2.24) is 25.0 Å². The number of pyridine rings is 1. The maximum Gasteiger partial charge on any atom is 0.254 e. The van der Waals surface area contributed by atoms with Crippen molar-refractivity contribution in [3.63, 3.8) is 0 Å². The molecule has 0 saturated carbocycles. The smallest absolute Gasteiger partial charge is 0.254 e. The summed E-state index contributed by atoms with van der Waals surface area (Å²) in [5.41, 5.74) is 1.77. The summed E-state index contributed by atoms with van der Waals surface area (Å²) in [6.45, 7) is 5.66. The van der Waals surface area contributed by atoms with Crippen LogP contribution in [0.1, 0.15) is 48.1 Å². The average molecular weight is 327 g/mol. The summed E-state index contributed by atoms with van der Waals surface area (Å²) < 4.78 is 1.81. The zero-order chi connectivity index (χ0) is 16.8. The van der Waals surface area contributed by atoms with Crippen LogP contribution < -0.4 is 5.32 Å². The zero-order valence-corrected chi connectivity index (χ0v) is 14.2. The van der Waals surface area contributed by atoms with Crippen molar-refractivity contribution in [3.05, 3.63) is 48.0 Å². The van der Waals surface area contributed by atoms with Crippen LogP contribution in [0, 0.1) is 0 Å². The molecule has 0 aliphatic carbocycles. The molecule has 0 spiro atoms. The Morgan fingerprint density at radius 2 is 2.17 bits per heavy atom.